The van der Waals surface area contributed by atoms with Gasteiger partial charge < -0.3 is 10.1 Å². The minimum Gasteiger partial charge on any atom is -0.444 e. The Hall–Kier alpha value is -1.61. The van der Waals surface area contributed by atoms with Gasteiger partial charge in [0.15, 0.2) is 0 Å². The predicted molar refractivity (Wildman–Crippen MR) is 85.8 cm³/mol. The molecule has 0 aliphatic heterocycles. The van der Waals surface area contributed by atoms with Gasteiger partial charge in [-0.2, -0.15) is 12.7 Å². The maximum atomic E-state index is 12.4. The van der Waals surface area contributed by atoms with E-state index in [1.54, 1.807) is 27.7 Å². The minimum atomic E-state index is -3.95. The molecule has 1 fully saturated rings. The van der Waals surface area contributed by atoms with Crippen LogP contribution in [0, 0.1) is 5.92 Å². The van der Waals surface area contributed by atoms with E-state index in [9.17, 15) is 18.0 Å². The lowest BCUT2D eigenvalue weighted by Gasteiger charge is -2.24. The standard InChI is InChI=1S/C14H25N3O5S/c1-7-10-9-14(10,15-12(19)22-13(3,4)5)11(18)16-23(20,21)17(6)8-2/h7,10H,1,8-9H2,2-6H3,(H,15,19)(H,16,18)/t10-,14-/m1/s1. The van der Waals surface area contributed by atoms with Gasteiger partial charge in [-0.3, -0.25) is 4.79 Å². The van der Waals surface area contributed by atoms with Gasteiger partial charge >= 0.3 is 16.3 Å². The summed E-state index contributed by atoms with van der Waals surface area (Å²) in [6, 6.07) is 0. The maximum Gasteiger partial charge on any atom is 0.408 e. The van der Waals surface area contributed by atoms with E-state index in [1.165, 1.54) is 13.1 Å². The maximum absolute atomic E-state index is 12.4. The molecule has 2 amide bonds. The van der Waals surface area contributed by atoms with Crippen molar-refractivity contribution in [3.05, 3.63) is 12.7 Å². The molecule has 0 radical (unpaired) electrons. The molecule has 0 aromatic carbocycles. The number of rotatable bonds is 6. The lowest BCUT2D eigenvalue weighted by Crippen LogP contribution is -2.54. The molecule has 1 aliphatic carbocycles. The summed E-state index contributed by atoms with van der Waals surface area (Å²) in [6.45, 7) is 10.5. The first kappa shape index (κ1) is 19.4. The second-order valence-electron chi connectivity index (χ2n) is 6.49. The Morgan fingerprint density at radius 3 is 2.39 bits per heavy atom. The fourth-order valence-electron chi connectivity index (χ4n) is 1.98. The molecule has 0 spiro atoms. The van der Waals surface area contributed by atoms with Crippen molar-refractivity contribution >= 4 is 22.2 Å². The normalized spacial score (nSPS) is 24.0. The number of nitrogens with zero attached hydrogens (tertiary/aromatic N) is 1. The molecule has 2 N–H and O–H groups in total. The Morgan fingerprint density at radius 2 is 2.00 bits per heavy atom. The topological polar surface area (TPSA) is 105 Å². The van der Waals surface area contributed by atoms with Gasteiger partial charge in [0.05, 0.1) is 0 Å². The van der Waals surface area contributed by atoms with E-state index in [0.717, 1.165) is 4.31 Å². The number of alkyl carbamates (subject to hydrolysis) is 1. The summed E-state index contributed by atoms with van der Waals surface area (Å²) in [7, 11) is -2.60. The van der Waals surface area contributed by atoms with Crippen molar-refractivity contribution in [1.82, 2.24) is 14.3 Å². The third-order valence-electron chi connectivity index (χ3n) is 3.51. The molecule has 1 aliphatic rings. The summed E-state index contributed by atoms with van der Waals surface area (Å²) < 4.78 is 32.1. The number of hydrogen-bond acceptors (Lipinski definition) is 5. The summed E-state index contributed by atoms with van der Waals surface area (Å²) in [5.74, 6) is -1.15. The Morgan fingerprint density at radius 1 is 1.43 bits per heavy atom. The molecule has 0 bridgehead atoms. The van der Waals surface area contributed by atoms with E-state index in [-0.39, 0.29) is 18.9 Å². The molecule has 8 nitrogen and oxygen atoms in total. The highest BCUT2D eigenvalue weighted by molar-refractivity contribution is 7.87. The number of ether oxygens (including phenoxy) is 1. The second-order valence-corrected chi connectivity index (χ2v) is 8.27. The van der Waals surface area contributed by atoms with Crippen molar-refractivity contribution in [3.8, 4) is 0 Å². The van der Waals surface area contributed by atoms with E-state index in [0.29, 0.717) is 0 Å². The van der Waals surface area contributed by atoms with E-state index in [1.807, 2.05) is 4.72 Å². The Balaban J connectivity index is 2.88. The van der Waals surface area contributed by atoms with Crippen LogP contribution in [0.15, 0.2) is 12.7 Å². The van der Waals surface area contributed by atoms with Crippen LogP contribution in [0.2, 0.25) is 0 Å². The molecule has 132 valence electrons. The second kappa shape index (κ2) is 6.48. The summed E-state index contributed by atoms with van der Waals surface area (Å²) in [5, 5.41) is 2.48. The molecule has 0 aromatic rings. The van der Waals surface area contributed by atoms with Crippen molar-refractivity contribution in [2.24, 2.45) is 5.92 Å². The first-order valence-electron chi connectivity index (χ1n) is 7.30. The fraction of sp³-hybridized carbons (Fsp3) is 0.714. The first-order valence-corrected chi connectivity index (χ1v) is 8.74. The van der Waals surface area contributed by atoms with Gasteiger partial charge in [-0.1, -0.05) is 13.0 Å². The number of nitrogens with one attached hydrogen (secondary N) is 2. The molecule has 0 heterocycles. The average Bonchev–Trinajstić information content (AvgIpc) is 3.09. The van der Waals surface area contributed by atoms with Crippen LogP contribution in [-0.4, -0.2) is 49.5 Å². The highest BCUT2D eigenvalue weighted by atomic mass is 32.2. The molecule has 9 heteroatoms. The smallest absolute Gasteiger partial charge is 0.408 e. The SMILES string of the molecule is C=C[C@@H]1C[C@]1(NC(=O)OC(C)(C)C)C(=O)NS(=O)(=O)N(C)CC. The molecule has 1 rings (SSSR count). The largest absolute Gasteiger partial charge is 0.444 e. The van der Waals surface area contributed by atoms with Gasteiger partial charge in [0.2, 0.25) is 0 Å². The zero-order valence-electron chi connectivity index (χ0n) is 14.2. The van der Waals surface area contributed by atoms with E-state index in [2.05, 4.69) is 11.9 Å². The van der Waals surface area contributed by atoms with Crippen LogP contribution in [-0.2, 0) is 19.7 Å². The molecule has 23 heavy (non-hydrogen) atoms. The van der Waals surface area contributed by atoms with Crippen LogP contribution in [0.4, 0.5) is 4.79 Å². The Kier molecular flexibility index (Phi) is 5.48. The zero-order valence-corrected chi connectivity index (χ0v) is 15.0. The Labute approximate surface area is 137 Å². The lowest BCUT2D eigenvalue weighted by molar-refractivity contribution is -0.122. The van der Waals surface area contributed by atoms with Crippen LogP contribution >= 0.6 is 0 Å². The summed E-state index contributed by atoms with van der Waals surface area (Å²) in [4.78, 5) is 24.3. The molecular weight excluding hydrogens is 322 g/mol. The molecule has 0 saturated heterocycles. The van der Waals surface area contributed by atoms with Gasteiger partial charge in [0.1, 0.15) is 11.1 Å². The van der Waals surface area contributed by atoms with Gasteiger partial charge in [0, 0.05) is 19.5 Å². The molecule has 0 aromatic heterocycles. The quantitative estimate of drug-likeness (QED) is 0.691. The molecule has 2 atom stereocenters. The number of amides is 2. The first-order chi connectivity index (χ1) is 10.4. The van der Waals surface area contributed by atoms with Crippen LogP contribution < -0.4 is 10.0 Å². The van der Waals surface area contributed by atoms with Crippen LogP contribution in [0.1, 0.15) is 34.1 Å². The van der Waals surface area contributed by atoms with Crippen molar-refractivity contribution in [1.29, 1.82) is 0 Å². The lowest BCUT2D eigenvalue weighted by atomic mass is 10.2. The van der Waals surface area contributed by atoms with E-state index in [4.69, 9.17) is 4.74 Å². The van der Waals surface area contributed by atoms with Crippen molar-refractivity contribution < 1.29 is 22.7 Å². The van der Waals surface area contributed by atoms with Crippen molar-refractivity contribution in [2.45, 2.75) is 45.3 Å². The minimum absolute atomic E-state index is 0.208. The van der Waals surface area contributed by atoms with Crippen LogP contribution in [0.5, 0.6) is 0 Å². The number of carbonyl (C=O) groups is 2. The van der Waals surface area contributed by atoms with Crippen LogP contribution in [0.25, 0.3) is 0 Å². The van der Waals surface area contributed by atoms with Gasteiger partial charge in [0.25, 0.3) is 5.91 Å². The van der Waals surface area contributed by atoms with Gasteiger partial charge in [-0.15, -0.1) is 6.58 Å². The molecular formula is C14H25N3O5S. The summed E-state index contributed by atoms with van der Waals surface area (Å²) in [5.41, 5.74) is -2.07. The highest BCUT2D eigenvalue weighted by Gasteiger charge is 2.61. The van der Waals surface area contributed by atoms with Gasteiger partial charge in [-0.25, -0.2) is 9.52 Å². The van der Waals surface area contributed by atoms with Crippen molar-refractivity contribution in [2.75, 3.05) is 13.6 Å². The van der Waals surface area contributed by atoms with Crippen molar-refractivity contribution in [3.63, 3.8) is 0 Å². The van der Waals surface area contributed by atoms with Gasteiger partial charge in [-0.05, 0) is 27.2 Å². The Bertz CT molecular complexity index is 596. The summed E-state index contributed by atoms with van der Waals surface area (Å²) >= 11 is 0. The monoisotopic (exact) mass is 347 g/mol. The predicted octanol–water partition coefficient (Wildman–Crippen LogP) is 0.769. The van der Waals surface area contributed by atoms with E-state index >= 15 is 0 Å². The molecule has 0 unspecified atom stereocenters. The third-order valence-corrected chi connectivity index (χ3v) is 5.03. The highest BCUT2D eigenvalue weighted by Crippen LogP contribution is 2.44. The third kappa shape index (κ3) is 4.68. The number of hydrogen-bond donors (Lipinski definition) is 2. The summed E-state index contributed by atoms with van der Waals surface area (Å²) in [6.07, 6.45) is 0.998. The van der Waals surface area contributed by atoms with Crippen LogP contribution in [0.3, 0.4) is 0 Å². The van der Waals surface area contributed by atoms with E-state index < -0.39 is 33.3 Å². The zero-order chi connectivity index (χ0) is 18.1. The number of carbonyl (C=O) groups excluding carboxylic acids is 2. The fourth-order valence-corrected chi connectivity index (χ4v) is 2.89. The average molecular weight is 347 g/mol. The molecule has 1 saturated carbocycles.